The van der Waals surface area contributed by atoms with Crippen LogP contribution in [-0.2, 0) is 16.0 Å². The number of rotatable bonds is 7. The summed E-state index contributed by atoms with van der Waals surface area (Å²) in [5, 5.41) is 5.70. The van der Waals surface area contributed by atoms with Gasteiger partial charge in [0.15, 0.2) is 0 Å². The molecule has 2 aromatic carbocycles. The average Bonchev–Trinajstić information content (AvgIpc) is 3.41. The van der Waals surface area contributed by atoms with Crippen molar-refractivity contribution in [2.75, 3.05) is 5.32 Å². The normalized spacial score (nSPS) is 19.0. The lowest BCUT2D eigenvalue weighted by atomic mass is 10.1. The molecule has 1 saturated carbocycles. The van der Waals surface area contributed by atoms with Crippen LogP contribution < -0.4 is 10.6 Å². The van der Waals surface area contributed by atoms with Crippen LogP contribution in [0.3, 0.4) is 0 Å². The molecule has 1 fully saturated rings. The van der Waals surface area contributed by atoms with Gasteiger partial charge in [-0.05, 0) is 49.6 Å². The number of benzene rings is 2. The number of anilines is 1. The molecule has 1 aliphatic carbocycles. The van der Waals surface area contributed by atoms with Gasteiger partial charge in [-0.3, -0.25) is 9.59 Å². The number of hydrogen-bond donors (Lipinski definition) is 3. The van der Waals surface area contributed by atoms with Crippen LogP contribution in [0.25, 0.3) is 11.0 Å². The zero-order valence-corrected chi connectivity index (χ0v) is 16.7. The number of nitrogens with one attached hydrogen (secondary N) is 3. The second kappa shape index (κ2) is 8.07. The minimum atomic E-state index is -0.602. The van der Waals surface area contributed by atoms with Crippen LogP contribution in [0.15, 0.2) is 48.5 Å². The molecule has 0 aliphatic heterocycles. The fraction of sp³-hybridized carbons (Fsp3) is 0.348. The van der Waals surface area contributed by atoms with Crippen molar-refractivity contribution in [2.45, 2.75) is 45.1 Å². The smallest absolute Gasteiger partial charge is 0.246 e. The Labute approximate surface area is 170 Å². The minimum Gasteiger partial charge on any atom is -0.344 e. The summed E-state index contributed by atoms with van der Waals surface area (Å²) in [6.45, 7) is 3.84. The first kappa shape index (κ1) is 19.2. The maximum Gasteiger partial charge on any atom is 0.246 e. The Balaban J connectivity index is 1.30. The van der Waals surface area contributed by atoms with Crippen molar-refractivity contribution < 1.29 is 9.59 Å². The highest BCUT2D eigenvalue weighted by Gasteiger charge is 2.46. The third kappa shape index (κ3) is 4.31. The standard InChI is InChI=1S/C23H26N4O2/c1-3-6-15-9-11-16(12-10-15)25-22(28)14(2)24-23(29)18-13-17(18)21-26-19-7-4-5-8-20(19)27-21/h4-5,7-12,14,17-18H,3,6,13H2,1-2H3,(H,24,29)(H,25,28)(H,26,27)/t14-,17-,18-/m0/s1. The Bertz CT molecular complexity index is 992. The number of hydrogen-bond acceptors (Lipinski definition) is 3. The van der Waals surface area contributed by atoms with Gasteiger partial charge in [0.1, 0.15) is 11.9 Å². The van der Waals surface area contributed by atoms with Crippen molar-refractivity contribution in [3.63, 3.8) is 0 Å². The first-order chi connectivity index (χ1) is 14.0. The number of aromatic amines is 1. The van der Waals surface area contributed by atoms with Gasteiger partial charge in [0.05, 0.1) is 11.0 Å². The molecule has 150 valence electrons. The van der Waals surface area contributed by atoms with Crippen LogP contribution in [0.2, 0.25) is 0 Å². The molecule has 2 amide bonds. The molecule has 0 bridgehead atoms. The van der Waals surface area contributed by atoms with E-state index in [1.54, 1.807) is 6.92 Å². The van der Waals surface area contributed by atoms with E-state index in [2.05, 4.69) is 27.5 Å². The molecule has 3 N–H and O–H groups in total. The number of imidazole rings is 1. The number of fused-ring (bicyclic) bond motifs is 1. The topological polar surface area (TPSA) is 86.9 Å². The highest BCUT2D eigenvalue weighted by Crippen LogP contribution is 2.46. The van der Waals surface area contributed by atoms with E-state index in [-0.39, 0.29) is 23.7 Å². The molecule has 4 rings (SSSR count). The molecule has 29 heavy (non-hydrogen) atoms. The van der Waals surface area contributed by atoms with Gasteiger partial charge in [0, 0.05) is 17.5 Å². The molecule has 1 aromatic heterocycles. The Morgan fingerprint density at radius 3 is 2.66 bits per heavy atom. The summed E-state index contributed by atoms with van der Waals surface area (Å²) in [5.74, 6) is 0.470. The maximum absolute atomic E-state index is 12.6. The van der Waals surface area contributed by atoms with Crippen LogP contribution >= 0.6 is 0 Å². The second-order valence-corrected chi connectivity index (χ2v) is 7.75. The lowest BCUT2D eigenvalue weighted by molar-refractivity contribution is -0.127. The molecule has 1 heterocycles. The average molecular weight is 390 g/mol. The molecule has 6 nitrogen and oxygen atoms in total. The summed E-state index contributed by atoms with van der Waals surface area (Å²) < 4.78 is 0. The van der Waals surface area contributed by atoms with Gasteiger partial charge in [0.25, 0.3) is 0 Å². The predicted molar refractivity (Wildman–Crippen MR) is 114 cm³/mol. The Morgan fingerprint density at radius 1 is 1.17 bits per heavy atom. The fourth-order valence-electron chi connectivity index (χ4n) is 3.62. The Morgan fingerprint density at radius 2 is 1.93 bits per heavy atom. The van der Waals surface area contributed by atoms with Crippen LogP contribution in [0.4, 0.5) is 5.69 Å². The lowest BCUT2D eigenvalue weighted by Crippen LogP contribution is -2.42. The van der Waals surface area contributed by atoms with E-state index >= 15 is 0 Å². The molecule has 3 aromatic rings. The molecule has 1 aliphatic rings. The monoisotopic (exact) mass is 390 g/mol. The highest BCUT2D eigenvalue weighted by molar-refractivity contribution is 5.97. The van der Waals surface area contributed by atoms with Crippen molar-refractivity contribution in [1.29, 1.82) is 0 Å². The number of para-hydroxylation sites is 2. The second-order valence-electron chi connectivity index (χ2n) is 7.75. The van der Waals surface area contributed by atoms with Gasteiger partial charge in [-0.15, -0.1) is 0 Å². The Hall–Kier alpha value is -3.15. The number of carbonyl (C=O) groups is 2. The maximum atomic E-state index is 12.6. The van der Waals surface area contributed by atoms with Gasteiger partial charge < -0.3 is 15.6 Å². The zero-order valence-electron chi connectivity index (χ0n) is 16.7. The fourth-order valence-corrected chi connectivity index (χ4v) is 3.62. The molecule has 3 atom stereocenters. The van der Waals surface area contributed by atoms with E-state index in [4.69, 9.17) is 0 Å². The summed E-state index contributed by atoms with van der Waals surface area (Å²) in [7, 11) is 0. The summed E-state index contributed by atoms with van der Waals surface area (Å²) in [4.78, 5) is 32.9. The number of aryl methyl sites for hydroxylation is 1. The Kier molecular flexibility index (Phi) is 5.34. The third-order valence-electron chi connectivity index (χ3n) is 5.40. The van der Waals surface area contributed by atoms with Crippen LogP contribution in [0.1, 0.15) is 44.0 Å². The summed E-state index contributed by atoms with van der Waals surface area (Å²) in [6, 6.07) is 15.1. The number of H-pyrrole nitrogens is 1. The molecule has 0 saturated heterocycles. The van der Waals surface area contributed by atoms with E-state index in [1.165, 1.54) is 5.56 Å². The quantitative estimate of drug-likeness (QED) is 0.574. The van der Waals surface area contributed by atoms with Crippen LogP contribution in [0, 0.1) is 5.92 Å². The van der Waals surface area contributed by atoms with Gasteiger partial charge >= 0.3 is 0 Å². The van der Waals surface area contributed by atoms with Gasteiger partial charge in [-0.2, -0.15) is 0 Å². The summed E-state index contributed by atoms with van der Waals surface area (Å²) in [5.41, 5.74) is 3.87. The SMILES string of the molecule is CCCc1ccc(NC(=O)[C@H](C)NC(=O)[C@H]2C[C@@H]2c2nc3ccccc3[nH]2)cc1. The van der Waals surface area contributed by atoms with E-state index in [0.717, 1.165) is 41.8 Å². The molecule has 0 spiro atoms. The minimum absolute atomic E-state index is 0.0868. The van der Waals surface area contributed by atoms with Crippen molar-refractivity contribution >= 4 is 28.5 Å². The number of aromatic nitrogens is 2. The van der Waals surface area contributed by atoms with Gasteiger partial charge in [-0.25, -0.2) is 4.98 Å². The highest BCUT2D eigenvalue weighted by atomic mass is 16.2. The van der Waals surface area contributed by atoms with Gasteiger partial charge in [-0.1, -0.05) is 37.6 Å². The van der Waals surface area contributed by atoms with Crippen molar-refractivity contribution in [3.8, 4) is 0 Å². The molecular formula is C23H26N4O2. The van der Waals surface area contributed by atoms with E-state index in [1.807, 2.05) is 48.5 Å². The number of nitrogens with zero attached hydrogens (tertiary/aromatic N) is 1. The number of carbonyl (C=O) groups excluding carboxylic acids is 2. The molecule has 6 heteroatoms. The number of amides is 2. The zero-order chi connectivity index (χ0) is 20.4. The largest absolute Gasteiger partial charge is 0.344 e. The molecule has 0 unspecified atom stereocenters. The van der Waals surface area contributed by atoms with Crippen LogP contribution in [0.5, 0.6) is 0 Å². The summed E-state index contributed by atoms with van der Waals surface area (Å²) in [6.07, 6.45) is 2.86. The van der Waals surface area contributed by atoms with Crippen LogP contribution in [-0.4, -0.2) is 27.8 Å². The van der Waals surface area contributed by atoms with Crippen molar-refractivity contribution in [1.82, 2.24) is 15.3 Å². The molecular weight excluding hydrogens is 364 g/mol. The third-order valence-corrected chi connectivity index (χ3v) is 5.40. The van der Waals surface area contributed by atoms with E-state index in [9.17, 15) is 9.59 Å². The van der Waals surface area contributed by atoms with Crippen molar-refractivity contribution in [2.24, 2.45) is 5.92 Å². The van der Waals surface area contributed by atoms with Gasteiger partial charge in [0.2, 0.25) is 11.8 Å². The lowest BCUT2D eigenvalue weighted by Gasteiger charge is -2.14. The molecule has 0 radical (unpaired) electrons. The summed E-state index contributed by atoms with van der Waals surface area (Å²) >= 11 is 0. The van der Waals surface area contributed by atoms with Crippen molar-refractivity contribution in [3.05, 3.63) is 59.9 Å². The predicted octanol–water partition coefficient (Wildman–Crippen LogP) is 3.76. The van der Waals surface area contributed by atoms with E-state index in [0.29, 0.717) is 0 Å². The van der Waals surface area contributed by atoms with E-state index < -0.39 is 6.04 Å². The first-order valence-corrected chi connectivity index (χ1v) is 10.2. The first-order valence-electron chi connectivity index (χ1n) is 10.2.